The number of rotatable bonds is 6. The summed E-state index contributed by atoms with van der Waals surface area (Å²) in [6, 6.07) is 0.249. The highest BCUT2D eigenvalue weighted by Crippen LogP contribution is 2.13. The first-order valence-corrected chi connectivity index (χ1v) is 6.62. The average Bonchev–Trinajstić information content (AvgIpc) is 2.29. The van der Waals surface area contributed by atoms with Crippen LogP contribution >= 0.6 is 0 Å². The van der Waals surface area contributed by atoms with E-state index in [0.29, 0.717) is 6.54 Å². The lowest BCUT2D eigenvalue weighted by molar-refractivity contribution is -0.124. The Hall–Kier alpha value is -0.900. The predicted molar refractivity (Wildman–Crippen MR) is 67.7 cm³/mol. The standard InChI is InChI=1S/C13H24N2O2/c1-3-5-11(2)14-13(17)9-15-7-4-6-12(8-15)10-16/h10-12H,3-9H2,1-2H3,(H,14,17). The molecule has 0 spiro atoms. The van der Waals surface area contributed by atoms with Crippen LogP contribution in [-0.2, 0) is 9.59 Å². The van der Waals surface area contributed by atoms with Gasteiger partial charge in [-0.15, -0.1) is 0 Å². The predicted octanol–water partition coefficient (Wildman–Crippen LogP) is 1.20. The zero-order valence-electron chi connectivity index (χ0n) is 10.9. The third kappa shape index (κ3) is 5.31. The maximum Gasteiger partial charge on any atom is 0.234 e. The third-order valence-corrected chi connectivity index (χ3v) is 3.23. The smallest absolute Gasteiger partial charge is 0.234 e. The van der Waals surface area contributed by atoms with Gasteiger partial charge in [-0.1, -0.05) is 13.3 Å². The van der Waals surface area contributed by atoms with Gasteiger partial charge in [-0.05, 0) is 32.7 Å². The van der Waals surface area contributed by atoms with Crippen molar-refractivity contribution in [1.82, 2.24) is 10.2 Å². The first-order valence-electron chi connectivity index (χ1n) is 6.62. The van der Waals surface area contributed by atoms with E-state index in [0.717, 1.165) is 45.1 Å². The van der Waals surface area contributed by atoms with Gasteiger partial charge >= 0.3 is 0 Å². The number of aldehydes is 1. The SMILES string of the molecule is CCCC(C)NC(=O)CN1CCCC(C=O)C1. The zero-order chi connectivity index (χ0) is 12.7. The van der Waals surface area contributed by atoms with Crippen molar-refractivity contribution in [2.75, 3.05) is 19.6 Å². The summed E-state index contributed by atoms with van der Waals surface area (Å²) in [6.07, 6.45) is 5.10. The Bertz CT molecular complexity index is 256. The molecule has 4 nitrogen and oxygen atoms in total. The number of nitrogens with zero attached hydrogens (tertiary/aromatic N) is 1. The van der Waals surface area contributed by atoms with E-state index in [1.807, 2.05) is 6.92 Å². The molecule has 1 heterocycles. The first-order chi connectivity index (χ1) is 8.15. The van der Waals surface area contributed by atoms with Gasteiger partial charge in [-0.2, -0.15) is 0 Å². The first kappa shape index (κ1) is 14.2. The van der Waals surface area contributed by atoms with Crippen LogP contribution in [0.1, 0.15) is 39.5 Å². The normalized spacial score (nSPS) is 23.1. The topological polar surface area (TPSA) is 49.4 Å². The van der Waals surface area contributed by atoms with E-state index in [1.165, 1.54) is 0 Å². The number of hydrogen-bond acceptors (Lipinski definition) is 3. The summed E-state index contributed by atoms with van der Waals surface area (Å²) in [4.78, 5) is 24.6. The molecule has 1 fully saturated rings. The highest BCUT2D eigenvalue weighted by molar-refractivity contribution is 5.78. The van der Waals surface area contributed by atoms with Crippen molar-refractivity contribution in [3.63, 3.8) is 0 Å². The Labute approximate surface area is 104 Å². The van der Waals surface area contributed by atoms with Crippen molar-refractivity contribution in [2.45, 2.75) is 45.6 Å². The number of piperidine rings is 1. The molecule has 0 aromatic heterocycles. The molecule has 1 aliphatic heterocycles. The van der Waals surface area contributed by atoms with E-state index in [1.54, 1.807) is 0 Å². The molecular weight excluding hydrogens is 216 g/mol. The summed E-state index contributed by atoms with van der Waals surface area (Å²) in [7, 11) is 0. The van der Waals surface area contributed by atoms with Crippen molar-refractivity contribution in [3.05, 3.63) is 0 Å². The monoisotopic (exact) mass is 240 g/mol. The van der Waals surface area contributed by atoms with Crippen LogP contribution in [0, 0.1) is 5.92 Å². The Kier molecular flexibility index (Phi) is 6.19. The molecule has 2 unspecified atom stereocenters. The quantitative estimate of drug-likeness (QED) is 0.710. The van der Waals surface area contributed by atoms with E-state index in [4.69, 9.17) is 0 Å². The largest absolute Gasteiger partial charge is 0.353 e. The summed E-state index contributed by atoms with van der Waals surface area (Å²) in [5.74, 6) is 0.196. The van der Waals surface area contributed by atoms with Gasteiger partial charge in [0.15, 0.2) is 0 Å². The summed E-state index contributed by atoms with van der Waals surface area (Å²) >= 11 is 0. The number of hydrogen-bond donors (Lipinski definition) is 1. The molecule has 1 aliphatic rings. The van der Waals surface area contributed by atoms with Crippen LogP contribution in [0.3, 0.4) is 0 Å². The molecule has 0 aromatic carbocycles. The van der Waals surface area contributed by atoms with Crippen molar-refractivity contribution >= 4 is 12.2 Å². The van der Waals surface area contributed by atoms with Crippen LogP contribution < -0.4 is 5.32 Å². The van der Waals surface area contributed by atoms with Crippen molar-refractivity contribution in [3.8, 4) is 0 Å². The summed E-state index contributed by atoms with van der Waals surface area (Å²) in [5, 5.41) is 2.99. The molecule has 17 heavy (non-hydrogen) atoms. The molecule has 1 rings (SSSR count). The molecule has 1 N–H and O–H groups in total. The molecule has 0 saturated carbocycles. The fraction of sp³-hybridized carbons (Fsp3) is 0.846. The van der Waals surface area contributed by atoms with E-state index < -0.39 is 0 Å². The molecule has 1 saturated heterocycles. The molecular formula is C13H24N2O2. The second-order valence-electron chi connectivity index (χ2n) is 5.03. The minimum atomic E-state index is 0.0810. The summed E-state index contributed by atoms with van der Waals surface area (Å²) < 4.78 is 0. The number of likely N-dealkylation sites (tertiary alicyclic amines) is 1. The van der Waals surface area contributed by atoms with E-state index >= 15 is 0 Å². The Morgan fingerprint density at radius 2 is 2.35 bits per heavy atom. The fourth-order valence-electron chi connectivity index (χ4n) is 2.37. The summed E-state index contributed by atoms with van der Waals surface area (Å²) in [5.41, 5.74) is 0. The highest BCUT2D eigenvalue weighted by Gasteiger charge is 2.21. The molecule has 0 aromatic rings. The highest BCUT2D eigenvalue weighted by atomic mass is 16.2. The minimum Gasteiger partial charge on any atom is -0.353 e. The Morgan fingerprint density at radius 1 is 1.59 bits per heavy atom. The van der Waals surface area contributed by atoms with Crippen LogP contribution in [-0.4, -0.2) is 42.8 Å². The van der Waals surface area contributed by atoms with Crippen LogP contribution in [0.15, 0.2) is 0 Å². The van der Waals surface area contributed by atoms with Gasteiger partial charge in [0.25, 0.3) is 0 Å². The van der Waals surface area contributed by atoms with Crippen molar-refractivity contribution in [2.24, 2.45) is 5.92 Å². The second kappa shape index (κ2) is 7.43. The number of carbonyl (C=O) groups is 2. The molecule has 0 aliphatic carbocycles. The van der Waals surface area contributed by atoms with Gasteiger partial charge in [0, 0.05) is 18.5 Å². The van der Waals surface area contributed by atoms with E-state index in [-0.39, 0.29) is 17.9 Å². The van der Waals surface area contributed by atoms with E-state index in [2.05, 4.69) is 17.1 Å². The maximum absolute atomic E-state index is 11.8. The van der Waals surface area contributed by atoms with Gasteiger partial charge in [-0.3, -0.25) is 9.69 Å². The molecule has 0 bridgehead atoms. The third-order valence-electron chi connectivity index (χ3n) is 3.23. The molecule has 1 amide bonds. The molecule has 98 valence electrons. The lowest BCUT2D eigenvalue weighted by Crippen LogP contribution is -2.44. The van der Waals surface area contributed by atoms with Crippen molar-refractivity contribution in [1.29, 1.82) is 0 Å². The maximum atomic E-state index is 11.8. The van der Waals surface area contributed by atoms with Gasteiger partial charge in [0.1, 0.15) is 6.29 Å². The zero-order valence-corrected chi connectivity index (χ0v) is 10.9. The van der Waals surface area contributed by atoms with Crippen LogP contribution in [0.2, 0.25) is 0 Å². The van der Waals surface area contributed by atoms with Crippen LogP contribution in [0.25, 0.3) is 0 Å². The van der Waals surface area contributed by atoms with E-state index in [9.17, 15) is 9.59 Å². The van der Waals surface area contributed by atoms with Gasteiger partial charge < -0.3 is 10.1 Å². The minimum absolute atomic E-state index is 0.0810. The Morgan fingerprint density at radius 3 is 3.00 bits per heavy atom. The molecule has 4 heteroatoms. The van der Waals surface area contributed by atoms with Crippen LogP contribution in [0.5, 0.6) is 0 Å². The lowest BCUT2D eigenvalue weighted by Gasteiger charge is -2.29. The summed E-state index contributed by atoms with van der Waals surface area (Å²) in [6.45, 7) is 6.24. The van der Waals surface area contributed by atoms with Crippen LogP contribution in [0.4, 0.5) is 0 Å². The molecule has 0 radical (unpaired) electrons. The van der Waals surface area contributed by atoms with Gasteiger partial charge in [0.05, 0.1) is 6.54 Å². The average molecular weight is 240 g/mol. The number of nitrogens with one attached hydrogen (secondary N) is 1. The number of amides is 1. The number of carbonyl (C=O) groups excluding carboxylic acids is 2. The lowest BCUT2D eigenvalue weighted by atomic mass is 10.00. The Balaban J connectivity index is 2.27. The van der Waals surface area contributed by atoms with Crippen molar-refractivity contribution < 1.29 is 9.59 Å². The second-order valence-corrected chi connectivity index (χ2v) is 5.03. The van der Waals surface area contributed by atoms with Gasteiger partial charge in [0.2, 0.25) is 5.91 Å². The van der Waals surface area contributed by atoms with Gasteiger partial charge in [-0.25, -0.2) is 0 Å². The fourth-order valence-corrected chi connectivity index (χ4v) is 2.37. The molecule has 2 atom stereocenters.